The van der Waals surface area contributed by atoms with Crippen LogP contribution < -0.4 is 9.64 Å². The smallest absolute Gasteiger partial charge is 0.301 e. The molecule has 1 saturated heterocycles. The molecule has 0 bridgehead atoms. The minimum Gasteiger partial charge on any atom is -0.507 e. The maximum atomic E-state index is 13.2. The van der Waals surface area contributed by atoms with Crippen LogP contribution in [0.15, 0.2) is 48.0 Å². The van der Waals surface area contributed by atoms with E-state index < -0.39 is 17.7 Å². The second-order valence-corrected chi connectivity index (χ2v) is 9.48. The largest absolute Gasteiger partial charge is 0.507 e. The highest BCUT2D eigenvalue weighted by atomic mass is 32.1. The van der Waals surface area contributed by atoms with Crippen LogP contribution in [0.5, 0.6) is 5.75 Å². The molecule has 3 aromatic rings. The Hall–Kier alpha value is -3.52. The van der Waals surface area contributed by atoms with Crippen LogP contribution in [-0.4, -0.2) is 33.1 Å². The van der Waals surface area contributed by atoms with E-state index in [0.717, 1.165) is 35.3 Å². The van der Waals surface area contributed by atoms with Crippen molar-refractivity contribution in [3.05, 3.63) is 75.3 Å². The molecule has 5 rings (SSSR count). The lowest BCUT2D eigenvalue weighted by molar-refractivity contribution is -0.132. The Morgan fingerprint density at radius 2 is 1.94 bits per heavy atom. The Labute approximate surface area is 195 Å². The van der Waals surface area contributed by atoms with E-state index in [1.165, 1.54) is 16.2 Å². The molecule has 1 N–H and O–H groups in total. The monoisotopic (exact) mass is 461 g/mol. The fourth-order valence-corrected chi connectivity index (χ4v) is 5.10. The first kappa shape index (κ1) is 21.3. The standard InChI is InChI=1S/C25H23N3O4S/c1-4-15-5-7-16(8-6-15)21-20(23(30)24(31)28(21)25-27-26-14(3)33-25)22(29)17-9-10-19-18(12-17)11-13(2)32-19/h5-10,12-13,21,29H,4,11H2,1-3H3/b22-20+/t13-,21+/m0/s1. The number of anilines is 1. The van der Waals surface area contributed by atoms with Crippen molar-refractivity contribution in [3.8, 4) is 5.75 Å². The van der Waals surface area contributed by atoms with Crippen LogP contribution in [0, 0.1) is 6.92 Å². The highest BCUT2D eigenvalue weighted by molar-refractivity contribution is 7.15. The number of carbonyl (C=O) groups is 2. The zero-order chi connectivity index (χ0) is 23.3. The molecule has 0 unspecified atom stereocenters. The molecule has 2 aliphatic rings. The number of aliphatic hydroxyl groups is 1. The van der Waals surface area contributed by atoms with Crippen LogP contribution in [0.2, 0.25) is 0 Å². The molecule has 1 fully saturated rings. The van der Waals surface area contributed by atoms with E-state index in [9.17, 15) is 14.7 Å². The number of rotatable bonds is 4. The Bertz CT molecular complexity index is 1300. The fourth-order valence-electron chi connectivity index (χ4n) is 4.39. The van der Waals surface area contributed by atoms with E-state index in [1.54, 1.807) is 19.1 Å². The van der Waals surface area contributed by atoms with Gasteiger partial charge in [0.25, 0.3) is 5.78 Å². The van der Waals surface area contributed by atoms with E-state index in [2.05, 4.69) is 17.1 Å². The third-order valence-corrected chi connectivity index (χ3v) is 6.88. The number of hydrogen-bond acceptors (Lipinski definition) is 7. The summed E-state index contributed by atoms with van der Waals surface area (Å²) in [5, 5.41) is 20.5. The van der Waals surface area contributed by atoms with E-state index in [4.69, 9.17) is 4.74 Å². The summed E-state index contributed by atoms with van der Waals surface area (Å²) < 4.78 is 5.75. The van der Waals surface area contributed by atoms with Gasteiger partial charge in [-0.15, -0.1) is 10.2 Å². The number of Topliss-reactive ketones (excluding diaryl/α,β-unsaturated/α-hetero) is 1. The number of ketones is 1. The average Bonchev–Trinajstić information content (AvgIpc) is 3.48. The van der Waals surface area contributed by atoms with Gasteiger partial charge < -0.3 is 9.84 Å². The third kappa shape index (κ3) is 3.60. The lowest BCUT2D eigenvalue weighted by Gasteiger charge is -2.22. The summed E-state index contributed by atoms with van der Waals surface area (Å²) in [6.45, 7) is 5.83. The van der Waals surface area contributed by atoms with Crippen molar-refractivity contribution in [2.45, 2.75) is 45.8 Å². The molecule has 7 nitrogen and oxygen atoms in total. The number of carbonyl (C=O) groups excluding carboxylic acids is 2. The fraction of sp³-hybridized carbons (Fsp3) is 0.280. The van der Waals surface area contributed by atoms with Gasteiger partial charge in [0.2, 0.25) is 5.13 Å². The second-order valence-electron chi connectivity index (χ2n) is 8.32. The van der Waals surface area contributed by atoms with Gasteiger partial charge in [-0.3, -0.25) is 14.5 Å². The number of aliphatic hydroxyl groups excluding tert-OH is 1. The SMILES string of the molecule is CCc1ccc([C@@H]2/C(=C(\O)c3ccc4c(c3)C[C@H](C)O4)C(=O)C(=O)N2c2nnc(C)s2)cc1. The van der Waals surface area contributed by atoms with Gasteiger partial charge in [-0.05, 0) is 55.2 Å². The molecule has 2 aromatic carbocycles. The Morgan fingerprint density at radius 3 is 2.61 bits per heavy atom. The van der Waals surface area contributed by atoms with Crippen LogP contribution >= 0.6 is 11.3 Å². The number of fused-ring (bicyclic) bond motifs is 1. The molecule has 3 heterocycles. The van der Waals surface area contributed by atoms with Crippen molar-refractivity contribution in [1.29, 1.82) is 0 Å². The summed E-state index contributed by atoms with van der Waals surface area (Å²) in [5.41, 5.74) is 3.34. The predicted octanol–water partition coefficient (Wildman–Crippen LogP) is 4.36. The van der Waals surface area contributed by atoms with Crippen molar-refractivity contribution in [3.63, 3.8) is 0 Å². The van der Waals surface area contributed by atoms with Crippen molar-refractivity contribution >= 4 is 33.9 Å². The summed E-state index contributed by atoms with van der Waals surface area (Å²) >= 11 is 1.23. The number of benzene rings is 2. The van der Waals surface area contributed by atoms with Gasteiger partial charge in [0.1, 0.15) is 22.6 Å². The first-order chi connectivity index (χ1) is 15.9. The van der Waals surface area contributed by atoms with Crippen molar-refractivity contribution < 1.29 is 19.4 Å². The molecular weight excluding hydrogens is 438 g/mol. The van der Waals surface area contributed by atoms with E-state index in [1.807, 2.05) is 37.3 Å². The molecule has 33 heavy (non-hydrogen) atoms. The molecule has 0 aliphatic carbocycles. The highest BCUT2D eigenvalue weighted by Crippen LogP contribution is 2.43. The van der Waals surface area contributed by atoms with Gasteiger partial charge in [-0.1, -0.05) is 42.5 Å². The van der Waals surface area contributed by atoms with Crippen LogP contribution in [-0.2, 0) is 22.4 Å². The summed E-state index contributed by atoms with van der Waals surface area (Å²) in [7, 11) is 0. The normalized spacial score (nSPS) is 21.4. The molecule has 2 atom stereocenters. The van der Waals surface area contributed by atoms with Crippen molar-refractivity contribution in [2.75, 3.05) is 4.90 Å². The molecule has 0 spiro atoms. The first-order valence-corrected chi connectivity index (χ1v) is 11.7. The maximum Gasteiger partial charge on any atom is 0.301 e. The number of aryl methyl sites for hydroxylation is 2. The van der Waals surface area contributed by atoms with E-state index >= 15 is 0 Å². The molecule has 8 heteroatoms. The summed E-state index contributed by atoms with van der Waals surface area (Å²) in [6, 6.07) is 12.3. The quantitative estimate of drug-likeness (QED) is 0.353. The van der Waals surface area contributed by atoms with Crippen LogP contribution in [0.4, 0.5) is 5.13 Å². The van der Waals surface area contributed by atoms with Gasteiger partial charge in [0.05, 0.1) is 11.6 Å². The minimum absolute atomic E-state index is 0.0454. The van der Waals surface area contributed by atoms with Crippen LogP contribution in [0.25, 0.3) is 5.76 Å². The number of aromatic nitrogens is 2. The van der Waals surface area contributed by atoms with E-state index in [-0.39, 0.29) is 17.4 Å². The van der Waals surface area contributed by atoms with Gasteiger partial charge in [0, 0.05) is 12.0 Å². The van der Waals surface area contributed by atoms with Gasteiger partial charge in [-0.25, -0.2) is 0 Å². The van der Waals surface area contributed by atoms with Crippen molar-refractivity contribution in [1.82, 2.24) is 10.2 Å². The van der Waals surface area contributed by atoms with Gasteiger partial charge in [0.15, 0.2) is 0 Å². The summed E-state index contributed by atoms with van der Waals surface area (Å²) in [6.07, 6.45) is 1.64. The van der Waals surface area contributed by atoms with Crippen LogP contribution in [0.1, 0.15) is 47.2 Å². The highest BCUT2D eigenvalue weighted by Gasteiger charge is 2.48. The maximum absolute atomic E-state index is 13.2. The molecule has 0 saturated carbocycles. The zero-order valence-corrected chi connectivity index (χ0v) is 19.3. The molecule has 1 aromatic heterocycles. The second kappa shape index (κ2) is 8.12. The topological polar surface area (TPSA) is 92.6 Å². The van der Waals surface area contributed by atoms with Crippen LogP contribution in [0.3, 0.4) is 0 Å². The van der Waals surface area contributed by atoms with Gasteiger partial charge in [-0.2, -0.15) is 0 Å². The number of ether oxygens (including phenoxy) is 1. The lowest BCUT2D eigenvalue weighted by atomic mass is 9.94. The summed E-state index contributed by atoms with van der Waals surface area (Å²) in [5.74, 6) is -0.898. The van der Waals surface area contributed by atoms with Gasteiger partial charge >= 0.3 is 5.91 Å². The van der Waals surface area contributed by atoms with Crippen molar-refractivity contribution in [2.24, 2.45) is 0 Å². The van der Waals surface area contributed by atoms with E-state index in [0.29, 0.717) is 15.7 Å². The molecule has 0 radical (unpaired) electrons. The Balaban J connectivity index is 1.67. The minimum atomic E-state index is -0.799. The number of nitrogens with zero attached hydrogens (tertiary/aromatic N) is 3. The summed E-state index contributed by atoms with van der Waals surface area (Å²) in [4.78, 5) is 27.7. The number of amides is 1. The molecule has 1 amide bonds. The molecule has 168 valence electrons. The lowest BCUT2D eigenvalue weighted by Crippen LogP contribution is -2.29. The predicted molar refractivity (Wildman–Crippen MR) is 125 cm³/mol. The Morgan fingerprint density at radius 1 is 1.18 bits per heavy atom. The first-order valence-electron chi connectivity index (χ1n) is 10.9. The number of hydrogen-bond donors (Lipinski definition) is 1. The average molecular weight is 462 g/mol. The zero-order valence-electron chi connectivity index (χ0n) is 18.5. The molecular formula is C25H23N3O4S. The Kier molecular flexibility index (Phi) is 5.25. The third-order valence-electron chi connectivity index (χ3n) is 6.04. The molecule has 2 aliphatic heterocycles.